The molecule has 1 atom stereocenters. The predicted octanol–water partition coefficient (Wildman–Crippen LogP) is 2.77. The van der Waals surface area contributed by atoms with Crippen LogP contribution in [0.4, 0.5) is 0 Å². The van der Waals surface area contributed by atoms with Crippen molar-refractivity contribution in [1.29, 1.82) is 0 Å². The molecule has 0 aliphatic heterocycles. The lowest BCUT2D eigenvalue weighted by Crippen LogP contribution is -2.29. The van der Waals surface area contributed by atoms with Gasteiger partial charge in [-0.3, -0.25) is 9.78 Å². The van der Waals surface area contributed by atoms with Gasteiger partial charge in [0.1, 0.15) is 0 Å². The first-order chi connectivity index (χ1) is 9.47. The van der Waals surface area contributed by atoms with Crippen molar-refractivity contribution >= 4 is 32.7 Å². The molecule has 1 aromatic carbocycles. The number of aromatic nitrogens is 1. The van der Waals surface area contributed by atoms with Gasteiger partial charge in [0.05, 0.1) is 11.1 Å². The van der Waals surface area contributed by atoms with E-state index in [0.29, 0.717) is 12.1 Å². The Hall–Kier alpha value is -1.46. The Morgan fingerprint density at radius 1 is 1.45 bits per heavy atom. The first kappa shape index (κ1) is 14.9. The highest BCUT2D eigenvalue weighted by molar-refractivity contribution is 9.10. The van der Waals surface area contributed by atoms with E-state index in [9.17, 15) is 4.79 Å². The lowest BCUT2D eigenvalue weighted by atomic mass is 10.1. The van der Waals surface area contributed by atoms with Gasteiger partial charge in [-0.05, 0) is 38.5 Å². The minimum atomic E-state index is -0.0801. The molecule has 2 rings (SSSR count). The van der Waals surface area contributed by atoms with Crippen molar-refractivity contribution in [3.63, 3.8) is 0 Å². The number of nitrogens with two attached hydrogens (primary N) is 1. The second-order valence-corrected chi connectivity index (χ2v) is 5.91. The number of nitrogens with one attached hydrogen (secondary N) is 1. The van der Waals surface area contributed by atoms with Crippen LogP contribution in [-0.4, -0.2) is 23.5 Å². The zero-order valence-corrected chi connectivity index (χ0v) is 13.2. The largest absolute Gasteiger partial charge is 0.352 e. The molecule has 20 heavy (non-hydrogen) atoms. The summed E-state index contributed by atoms with van der Waals surface area (Å²) in [5, 5.41) is 3.76. The van der Waals surface area contributed by atoms with Gasteiger partial charge in [-0.1, -0.05) is 22.0 Å². The molecule has 0 bridgehead atoms. The van der Waals surface area contributed by atoms with Gasteiger partial charge in [0.15, 0.2) is 0 Å². The van der Waals surface area contributed by atoms with Crippen molar-refractivity contribution in [1.82, 2.24) is 10.3 Å². The number of halogens is 1. The van der Waals surface area contributed by atoms with E-state index in [0.717, 1.165) is 27.5 Å². The number of carbonyl (C=O) groups excluding carboxylic acids is 1. The summed E-state index contributed by atoms with van der Waals surface area (Å²) in [6.45, 7) is 4.39. The Labute approximate surface area is 126 Å². The molecular formula is C15H18BrN3O. The van der Waals surface area contributed by atoms with Crippen LogP contribution in [0.3, 0.4) is 0 Å². The highest BCUT2D eigenvalue weighted by Crippen LogP contribution is 2.22. The number of benzene rings is 1. The normalized spacial score (nSPS) is 12.4. The maximum atomic E-state index is 12.3. The minimum Gasteiger partial charge on any atom is -0.352 e. The van der Waals surface area contributed by atoms with E-state index < -0.39 is 0 Å². The lowest BCUT2D eigenvalue weighted by Gasteiger charge is -2.10. The van der Waals surface area contributed by atoms with Crippen LogP contribution in [0, 0.1) is 6.92 Å². The minimum absolute atomic E-state index is 0.0801. The summed E-state index contributed by atoms with van der Waals surface area (Å²) in [6.07, 6.45) is 0.763. The van der Waals surface area contributed by atoms with Crippen LogP contribution in [0.1, 0.15) is 29.4 Å². The first-order valence-electron chi connectivity index (χ1n) is 6.58. The summed E-state index contributed by atoms with van der Waals surface area (Å²) in [6, 6.07) is 7.64. The van der Waals surface area contributed by atoms with Crippen molar-refractivity contribution in [3.05, 3.63) is 40.0 Å². The zero-order chi connectivity index (χ0) is 14.7. The Morgan fingerprint density at radius 3 is 2.90 bits per heavy atom. The Morgan fingerprint density at radius 2 is 2.20 bits per heavy atom. The number of aryl methyl sites for hydroxylation is 1. The molecule has 5 heteroatoms. The summed E-state index contributed by atoms with van der Waals surface area (Å²) >= 11 is 3.42. The molecule has 0 spiro atoms. The Kier molecular flexibility index (Phi) is 4.73. The molecular weight excluding hydrogens is 318 g/mol. The average Bonchev–Trinajstić information content (AvgIpc) is 2.36. The molecule has 3 N–H and O–H groups in total. The van der Waals surface area contributed by atoms with Gasteiger partial charge in [0, 0.05) is 28.1 Å². The summed E-state index contributed by atoms with van der Waals surface area (Å²) in [5.41, 5.74) is 7.98. The smallest absolute Gasteiger partial charge is 0.252 e. The maximum Gasteiger partial charge on any atom is 0.252 e. The highest BCUT2D eigenvalue weighted by atomic mass is 79.9. The second-order valence-electron chi connectivity index (χ2n) is 4.99. The SMILES string of the molecule is Cc1cc(C(=O)NCCC(C)N)c2ccc(Br)cc2n1. The van der Waals surface area contributed by atoms with Crippen molar-refractivity contribution in [2.24, 2.45) is 5.73 Å². The third kappa shape index (κ3) is 3.55. The van der Waals surface area contributed by atoms with Gasteiger partial charge >= 0.3 is 0 Å². The number of hydrogen-bond acceptors (Lipinski definition) is 3. The summed E-state index contributed by atoms with van der Waals surface area (Å²) in [4.78, 5) is 16.7. The third-order valence-electron chi connectivity index (χ3n) is 3.03. The molecule has 106 valence electrons. The van der Waals surface area contributed by atoms with E-state index in [1.54, 1.807) is 0 Å². The van der Waals surface area contributed by atoms with Crippen LogP contribution in [0.2, 0.25) is 0 Å². The molecule has 0 fully saturated rings. The molecule has 0 aliphatic rings. The fourth-order valence-corrected chi connectivity index (χ4v) is 2.38. The van der Waals surface area contributed by atoms with Gasteiger partial charge < -0.3 is 11.1 Å². The Balaban J connectivity index is 2.31. The number of nitrogens with zero attached hydrogens (tertiary/aromatic N) is 1. The zero-order valence-electron chi connectivity index (χ0n) is 11.6. The summed E-state index contributed by atoms with van der Waals surface area (Å²) in [5.74, 6) is -0.0801. The number of hydrogen-bond donors (Lipinski definition) is 2. The molecule has 2 aromatic rings. The molecule has 4 nitrogen and oxygen atoms in total. The Bertz CT molecular complexity index is 635. The van der Waals surface area contributed by atoms with Crippen molar-refractivity contribution in [2.75, 3.05) is 6.54 Å². The fraction of sp³-hybridized carbons (Fsp3) is 0.333. The molecule has 0 aliphatic carbocycles. The number of amides is 1. The van der Waals surface area contributed by atoms with Crippen LogP contribution in [0.25, 0.3) is 10.9 Å². The van der Waals surface area contributed by atoms with Crippen molar-refractivity contribution < 1.29 is 4.79 Å². The highest BCUT2D eigenvalue weighted by Gasteiger charge is 2.12. The van der Waals surface area contributed by atoms with E-state index >= 15 is 0 Å². The topological polar surface area (TPSA) is 68.0 Å². The quantitative estimate of drug-likeness (QED) is 0.902. The number of carbonyl (C=O) groups is 1. The lowest BCUT2D eigenvalue weighted by molar-refractivity contribution is 0.0954. The molecule has 1 unspecified atom stereocenters. The standard InChI is InChI=1S/C15H18BrN3O/c1-9(17)5-6-18-15(20)13-7-10(2)19-14-8-11(16)3-4-12(13)14/h3-4,7-9H,5-6,17H2,1-2H3,(H,18,20). The van der Waals surface area contributed by atoms with E-state index in [-0.39, 0.29) is 11.9 Å². The fourth-order valence-electron chi connectivity index (χ4n) is 2.03. The van der Waals surface area contributed by atoms with Gasteiger partial charge in [-0.15, -0.1) is 0 Å². The molecule has 0 saturated carbocycles. The summed E-state index contributed by atoms with van der Waals surface area (Å²) < 4.78 is 0.950. The van der Waals surface area contributed by atoms with Crippen LogP contribution in [0.5, 0.6) is 0 Å². The second kappa shape index (κ2) is 6.33. The van der Waals surface area contributed by atoms with Gasteiger partial charge in [0.25, 0.3) is 5.91 Å². The van der Waals surface area contributed by atoms with E-state index in [1.165, 1.54) is 0 Å². The van der Waals surface area contributed by atoms with Crippen LogP contribution >= 0.6 is 15.9 Å². The van der Waals surface area contributed by atoms with Gasteiger partial charge in [0.2, 0.25) is 0 Å². The number of rotatable bonds is 4. The summed E-state index contributed by atoms with van der Waals surface area (Å²) in [7, 11) is 0. The molecule has 1 heterocycles. The molecule has 0 radical (unpaired) electrons. The molecule has 1 amide bonds. The van der Waals surface area contributed by atoms with E-state index in [4.69, 9.17) is 5.73 Å². The number of pyridine rings is 1. The molecule has 1 aromatic heterocycles. The van der Waals surface area contributed by atoms with Crippen molar-refractivity contribution in [2.45, 2.75) is 26.3 Å². The number of fused-ring (bicyclic) bond motifs is 1. The third-order valence-corrected chi connectivity index (χ3v) is 3.52. The average molecular weight is 336 g/mol. The van der Waals surface area contributed by atoms with Gasteiger partial charge in [-0.2, -0.15) is 0 Å². The van der Waals surface area contributed by atoms with E-state index in [2.05, 4.69) is 26.2 Å². The van der Waals surface area contributed by atoms with E-state index in [1.807, 2.05) is 38.1 Å². The predicted molar refractivity (Wildman–Crippen MR) is 84.8 cm³/mol. The van der Waals surface area contributed by atoms with Crippen LogP contribution in [0.15, 0.2) is 28.7 Å². The maximum absolute atomic E-state index is 12.3. The first-order valence-corrected chi connectivity index (χ1v) is 7.37. The van der Waals surface area contributed by atoms with Crippen LogP contribution in [-0.2, 0) is 0 Å². The molecule has 0 saturated heterocycles. The van der Waals surface area contributed by atoms with Gasteiger partial charge in [-0.25, -0.2) is 0 Å². The monoisotopic (exact) mass is 335 g/mol. The van der Waals surface area contributed by atoms with Crippen LogP contribution < -0.4 is 11.1 Å². The van der Waals surface area contributed by atoms with Crippen molar-refractivity contribution in [3.8, 4) is 0 Å².